The lowest BCUT2D eigenvalue weighted by molar-refractivity contribution is 0.969. The van der Waals surface area contributed by atoms with Crippen LogP contribution in [0.2, 0.25) is 0 Å². The summed E-state index contributed by atoms with van der Waals surface area (Å²) in [4.78, 5) is 4.29. The molecule has 0 aliphatic heterocycles. The van der Waals surface area contributed by atoms with Gasteiger partial charge in [-0.2, -0.15) is 0 Å². The molecule has 3 nitrogen and oxygen atoms in total. The summed E-state index contributed by atoms with van der Waals surface area (Å²) in [6.45, 7) is 6.03. The average molecular weight is 255 g/mol. The van der Waals surface area contributed by atoms with E-state index in [0.717, 1.165) is 31.0 Å². The summed E-state index contributed by atoms with van der Waals surface area (Å²) in [7, 11) is 0. The van der Waals surface area contributed by atoms with E-state index in [9.17, 15) is 0 Å². The SMILES string of the molecule is CCCNc1cc(NCc2ccc(C)cc2)ccn1. The topological polar surface area (TPSA) is 37.0 Å². The van der Waals surface area contributed by atoms with Crippen molar-refractivity contribution in [2.45, 2.75) is 26.8 Å². The zero-order valence-corrected chi connectivity index (χ0v) is 11.6. The minimum Gasteiger partial charge on any atom is -0.381 e. The van der Waals surface area contributed by atoms with Gasteiger partial charge in [-0.1, -0.05) is 36.8 Å². The van der Waals surface area contributed by atoms with E-state index in [-0.39, 0.29) is 0 Å². The quantitative estimate of drug-likeness (QED) is 0.824. The second-order valence-electron chi connectivity index (χ2n) is 4.70. The maximum Gasteiger partial charge on any atom is 0.127 e. The number of rotatable bonds is 6. The molecule has 19 heavy (non-hydrogen) atoms. The van der Waals surface area contributed by atoms with Crippen molar-refractivity contribution in [3.05, 3.63) is 53.7 Å². The number of nitrogens with one attached hydrogen (secondary N) is 2. The molecule has 0 radical (unpaired) electrons. The van der Waals surface area contributed by atoms with Crippen molar-refractivity contribution in [1.82, 2.24) is 4.98 Å². The highest BCUT2D eigenvalue weighted by Crippen LogP contribution is 2.13. The van der Waals surface area contributed by atoms with Gasteiger partial charge >= 0.3 is 0 Å². The van der Waals surface area contributed by atoms with E-state index >= 15 is 0 Å². The predicted molar refractivity (Wildman–Crippen MR) is 81.5 cm³/mol. The molecule has 2 aromatic rings. The van der Waals surface area contributed by atoms with E-state index in [1.165, 1.54) is 11.1 Å². The van der Waals surface area contributed by atoms with E-state index in [0.29, 0.717) is 0 Å². The standard InChI is InChI=1S/C16H21N3/c1-3-9-17-16-11-15(8-10-18-16)19-12-14-6-4-13(2)5-7-14/h4-8,10-11H,3,9,12H2,1-2H3,(H2,17,18,19). The van der Waals surface area contributed by atoms with Gasteiger partial charge in [-0.3, -0.25) is 0 Å². The minimum atomic E-state index is 0.831. The highest BCUT2D eigenvalue weighted by atomic mass is 15.0. The maximum atomic E-state index is 4.29. The molecule has 100 valence electrons. The fourth-order valence-electron chi connectivity index (χ4n) is 1.80. The monoisotopic (exact) mass is 255 g/mol. The summed E-state index contributed by atoms with van der Waals surface area (Å²) < 4.78 is 0. The van der Waals surface area contributed by atoms with Gasteiger partial charge in [0.2, 0.25) is 0 Å². The maximum absolute atomic E-state index is 4.29. The third-order valence-corrected chi connectivity index (χ3v) is 2.93. The molecule has 0 unspecified atom stereocenters. The summed E-state index contributed by atoms with van der Waals surface area (Å²) in [6.07, 6.45) is 2.93. The molecular weight excluding hydrogens is 234 g/mol. The van der Waals surface area contributed by atoms with Crippen LogP contribution in [0.25, 0.3) is 0 Å². The van der Waals surface area contributed by atoms with Gasteiger partial charge in [0.1, 0.15) is 5.82 Å². The molecule has 0 spiro atoms. The number of hydrogen-bond acceptors (Lipinski definition) is 3. The Hall–Kier alpha value is -2.03. The van der Waals surface area contributed by atoms with Crippen LogP contribution in [0.4, 0.5) is 11.5 Å². The van der Waals surface area contributed by atoms with Crippen LogP contribution in [0.15, 0.2) is 42.6 Å². The van der Waals surface area contributed by atoms with Gasteiger partial charge in [-0.15, -0.1) is 0 Å². The first-order valence-corrected chi connectivity index (χ1v) is 6.77. The average Bonchev–Trinajstić information content (AvgIpc) is 2.45. The molecule has 0 fully saturated rings. The Morgan fingerprint density at radius 1 is 1.05 bits per heavy atom. The van der Waals surface area contributed by atoms with E-state index in [1.54, 1.807) is 0 Å². The fraction of sp³-hybridized carbons (Fsp3) is 0.312. The number of aryl methyl sites for hydroxylation is 1. The Kier molecular flexibility index (Phi) is 4.78. The van der Waals surface area contributed by atoms with E-state index in [4.69, 9.17) is 0 Å². The Morgan fingerprint density at radius 2 is 1.84 bits per heavy atom. The second-order valence-corrected chi connectivity index (χ2v) is 4.70. The predicted octanol–water partition coefficient (Wildman–Crippen LogP) is 3.82. The molecule has 1 aromatic heterocycles. The van der Waals surface area contributed by atoms with Crippen LogP contribution in [0.3, 0.4) is 0 Å². The normalized spacial score (nSPS) is 10.2. The second kappa shape index (κ2) is 6.78. The lowest BCUT2D eigenvalue weighted by Gasteiger charge is -2.09. The van der Waals surface area contributed by atoms with Crippen molar-refractivity contribution in [3.8, 4) is 0 Å². The van der Waals surface area contributed by atoms with Crippen molar-refractivity contribution in [1.29, 1.82) is 0 Å². The number of aromatic nitrogens is 1. The van der Waals surface area contributed by atoms with Crippen LogP contribution in [0.5, 0.6) is 0 Å². The molecule has 0 saturated carbocycles. The Morgan fingerprint density at radius 3 is 2.58 bits per heavy atom. The van der Waals surface area contributed by atoms with Crippen LogP contribution in [-0.4, -0.2) is 11.5 Å². The van der Waals surface area contributed by atoms with E-state index < -0.39 is 0 Å². The van der Waals surface area contributed by atoms with Crippen LogP contribution in [-0.2, 0) is 6.54 Å². The molecule has 0 aliphatic rings. The molecule has 0 amide bonds. The van der Waals surface area contributed by atoms with Gasteiger partial charge < -0.3 is 10.6 Å². The number of pyridine rings is 1. The van der Waals surface area contributed by atoms with Gasteiger partial charge in [0, 0.05) is 31.0 Å². The smallest absolute Gasteiger partial charge is 0.127 e. The summed E-state index contributed by atoms with van der Waals surface area (Å²) in [5.74, 6) is 0.927. The summed E-state index contributed by atoms with van der Waals surface area (Å²) >= 11 is 0. The Labute approximate surface area is 115 Å². The van der Waals surface area contributed by atoms with Gasteiger partial charge in [-0.05, 0) is 25.0 Å². The zero-order chi connectivity index (χ0) is 13.5. The number of nitrogens with zero attached hydrogens (tertiary/aromatic N) is 1. The van der Waals surface area contributed by atoms with Crippen molar-refractivity contribution >= 4 is 11.5 Å². The van der Waals surface area contributed by atoms with Crippen molar-refractivity contribution < 1.29 is 0 Å². The highest BCUT2D eigenvalue weighted by Gasteiger charge is 1.97. The molecule has 1 aromatic carbocycles. The summed E-state index contributed by atoms with van der Waals surface area (Å²) in [6, 6.07) is 12.6. The minimum absolute atomic E-state index is 0.831. The number of anilines is 2. The van der Waals surface area contributed by atoms with Gasteiger partial charge in [-0.25, -0.2) is 4.98 Å². The van der Waals surface area contributed by atoms with Crippen LogP contribution in [0.1, 0.15) is 24.5 Å². The van der Waals surface area contributed by atoms with Crippen LogP contribution in [0, 0.1) is 6.92 Å². The van der Waals surface area contributed by atoms with Crippen molar-refractivity contribution in [2.24, 2.45) is 0 Å². The van der Waals surface area contributed by atoms with Crippen LogP contribution >= 0.6 is 0 Å². The van der Waals surface area contributed by atoms with E-state index in [1.807, 2.05) is 18.3 Å². The van der Waals surface area contributed by atoms with Gasteiger partial charge in [0.15, 0.2) is 0 Å². The van der Waals surface area contributed by atoms with Crippen LogP contribution < -0.4 is 10.6 Å². The van der Waals surface area contributed by atoms with Crippen molar-refractivity contribution in [2.75, 3.05) is 17.2 Å². The Bertz CT molecular complexity index is 506. The van der Waals surface area contributed by atoms with Gasteiger partial charge in [0.25, 0.3) is 0 Å². The Balaban J connectivity index is 1.93. The highest BCUT2D eigenvalue weighted by molar-refractivity contribution is 5.52. The molecule has 0 saturated heterocycles. The summed E-state index contributed by atoms with van der Waals surface area (Å²) in [5.41, 5.74) is 3.67. The first-order chi connectivity index (χ1) is 9.28. The largest absolute Gasteiger partial charge is 0.381 e. The lowest BCUT2D eigenvalue weighted by atomic mass is 10.1. The molecule has 0 aliphatic carbocycles. The third kappa shape index (κ3) is 4.28. The first kappa shape index (κ1) is 13.4. The van der Waals surface area contributed by atoms with E-state index in [2.05, 4.69) is 53.7 Å². The third-order valence-electron chi connectivity index (χ3n) is 2.93. The zero-order valence-electron chi connectivity index (χ0n) is 11.6. The molecule has 0 bridgehead atoms. The number of benzene rings is 1. The molecule has 0 atom stereocenters. The molecule has 1 heterocycles. The number of hydrogen-bond donors (Lipinski definition) is 2. The molecule has 2 N–H and O–H groups in total. The molecular formula is C16H21N3. The first-order valence-electron chi connectivity index (χ1n) is 6.77. The fourth-order valence-corrected chi connectivity index (χ4v) is 1.80. The molecule has 3 heteroatoms. The van der Waals surface area contributed by atoms with Gasteiger partial charge in [0.05, 0.1) is 0 Å². The lowest BCUT2D eigenvalue weighted by Crippen LogP contribution is -2.04. The molecule has 2 rings (SSSR count). The van der Waals surface area contributed by atoms with Crippen molar-refractivity contribution in [3.63, 3.8) is 0 Å². The summed E-state index contributed by atoms with van der Waals surface area (Å²) in [5, 5.41) is 6.71.